The molecule has 2 saturated heterocycles. The predicted molar refractivity (Wildman–Crippen MR) is 104 cm³/mol. The molecule has 4 nitrogen and oxygen atoms in total. The number of carbonyl (C=O) groups is 1. The number of rotatable bonds is 6. The molecule has 1 N–H and O–H groups in total. The average molecular weight is 381 g/mol. The molecule has 0 aromatic heterocycles. The standard InChI is InChI=1S/C20H29FN2O2S/c21-17-5-3-16(4-6-17)15-26-13-9-20(25)22-11-7-18(8-12-22)23-10-1-2-19(24)14-23/h3-6,18-19,24H,1-2,7-15H2/t19-/m0/s1. The lowest BCUT2D eigenvalue weighted by Gasteiger charge is -2.41. The number of carbonyl (C=O) groups excluding carboxylic acids is 1. The molecule has 1 aromatic rings. The van der Waals surface area contributed by atoms with Crippen LogP contribution in [-0.2, 0) is 10.5 Å². The molecule has 0 radical (unpaired) electrons. The van der Waals surface area contributed by atoms with Crippen molar-refractivity contribution in [1.29, 1.82) is 0 Å². The van der Waals surface area contributed by atoms with Crippen molar-refractivity contribution < 1.29 is 14.3 Å². The van der Waals surface area contributed by atoms with Gasteiger partial charge in [-0.3, -0.25) is 9.69 Å². The van der Waals surface area contributed by atoms with Crippen molar-refractivity contribution >= 4 is 17.7 Å². The third-order valence-corrected chi connectivity index (χ3v) is 6.43. The van der Waals surface area contributed by atoms with Crippen molar-refractivity contribution in [3.05, 3.63) is 35.6 Å². The lowest BCUT2D eigenvalue weighted by Crippen LogP contribution is -2.50. The van der Waals surface area contributed by atoms with E-state index in [-0.39, 0.29) is 17.8 Å². The Hall–Kier alpha value is -1.11. The summed E-state index contributed by atoms with van der Waals surface area (Å²) in [4.78, 5) is 16.8. The van der Waals surface area contributed by atoms with Gasteiger partial charge in [0.2, 0.25) is 5.91 Å². The van der Waals surface area contributed by atoms with Gasteiger partial charge in [0, 0.05) is 43.6 Å². The van der Waals surface area contributed by atoms with Gasteiger partial charge in [-0.25, -0.2) is 4.39 Å². The summed E-state index contributed by atoms with van der Waals surface area (Å²) < 4.78 is 12.9. The first-order valence-corrected chi connectivity index (χ1v) is 10.8. The maximum absolute atomic E-state index is 12.9. The molecule has 0 aliphatic carbocycles. The molecule has 2 aliphatic heterocycles. The normalized spacial score (nSPS) is 22.5. The SMILES string of the molecule is O=C(CCSCc1ccc(F)cc1)N1CCC(N2CCC[C@H](O)C2)CC1. The van der Waals surface area contributed by atoms with Crippen molar-refractivity contribution in [2.24, 2.45) is 0 Å². The minimum Gasteiger partial charge on any atom is -0.392 e. The molecule has 0 unspecified atom stereocenters. The van der Waals surface area contributed by atoms with E-state index >= 15 is 0 Å². The fourth-order valence-corrected chi connectivity index (χ4v) is 4.78. The number of aliphatic hydroxyl groups excluding tert-OH is 1. The largest absolute Gasteiger partial charge is 0.392 e. The highest BCUT2D eigenvalue weighted by Crippen LogP contribution is 2.22. The topological polar surface area (TPSA) is 43.8 Å². The highest BCUT2D eigenvalue weighted by atomic mass is 32.2. The number of nitrogens with zero attached hydrogens (tertiary/aromatic N) is 2. The number of halogens is 1. The first kappa shape index (κ1) is 19.6. The monoisotopic (exact) mass is 380 g/mol. The van der Waals surface area contributed by atoms with Gasteiger partial charge in [-0.1, -0.05) is 12.1 Å². The summed E-state index contributed by atoms with van der Waals surface area (Å²) in [6.45, 7) is 3.53. The van der Waals surface area contributed by atoms with Gasteiger partial charge >= 0.3 is 0 Å². The van der Waals surface area contributed by atoms with E-state index in [1.54, 1.807) is 23.9 Å². The highest BCUT2D eigenvalue weighted by Gasteiger charge is 2.29. The molecule has 0 spiro atoms. The minimum atomic E-state index is -0.212. The maximum atomic E-state index is 12.9. The smallest absolute Gasteiger partial charge is 0.223 e. The number of aliphatic hydroxyl groups is 1. The minimum absolute atomic E-state index is 0.179. The van der Waals surface area contributed by atoms with Crippen molar-refractivity contribution in [3.8, 4) is 0 Å². The first-order valence-electron chi connectivity index (χ1n) is 9.64. The Labute approximate surface area is 159 Å². The molecule has 144 valence electrons. The van der Waals surface area contributed by atoms with Crippen LogP contribution >= 0.6 is 11.8 Å². The molecule has 6 heteroatoms. The van der Waals surface area contributed by atoms with Crippen LogP contribution in [0.15, 0.2) is 24.3 Å². The third kappa shape index (κ3) is 5.69. The Balaban J connectivity index is 1.32. The Kier molecular flexibility index (Phi) is 7.34. The Morgan fingerprint density at radius 2 is 1.88 bits per heavy atom. The van der Waals surface area contributed by atoms with Gasteiger partial charge in [-0.05, 0) is 49.9 Å². The molecule has 1 amide bonds. The number of hydrogen-bond donors (Lipinski definition) is 1. The van der Waals surface area contributed by atoms with Gasteiger partial charge in [-0.2, -0.15) is 11.8 Å². The van der Waals surface area contributed by atoms with Crippen LogP contribution in [0.2, 0.25) is 0 Å². The quantitative estimate of drug-likeness (QED) is 0.771. The van der Waals surface area contributed by atoms with Gasteiger partial charge in [0.15, 0.2) is 0 Å². The zero-order valence-electron chi connectivity index (χ0n) is 15.3. The lowest BCUT2D eigenvalue weighted by atomic mass is 9.99. The van der Waals surface area contributed by atoms with Gasteiger partial charge in [-0.15, -0.1) is 0 Å². The number of piperidine rings is 2. The van der Waals surface area contributed by atoms with Crippen molar-refractivity contribution in [3.63, 3.8) is 0 Å². The number of likely N-dealkylation sites (tertiary alicyclic amines) is 2. The first-order chi connectivity index (χ1) is 12.6. The number of benzene rings is 1. The van der Waals surface area contributed by atoms with E-state index in [4.69, 9.17) is 0 Å². The lowest BCUT2D eigenvalue weighted by molar-refractivity contribution is -0.132. The van der Waals surface area contributed by atoms with Crippen LogP contribution in [0, 0.1) is 5.82 Å². The average Bonchev–Trinajstić information content (AvgIpc) is 2.66. The molecule has 3 rings (SSSR count). The van der Waals surface area contributed by atoms with E-state index in [0.717, 1.165) is 68.9 Å². The van der Waals surface area contributed by atoms with Gasteiger partial charge in [0.05, 0.1) is 6.10 Å². The second kappa shape index (κ2) is 9.72. The van der Waals surface area contributed by atoms with E-state index in [2.05, 4.69) is 4.90 Å². The molecule has 1 atom stereocenters. The molecule has 0 saturated carbocycles. The van der Waals surface area contributed by atoms with Gasteiger partial charge in [0.1, 0.15) is 5.82 Å². The molecule has 2 aliphatic rings. The van der Waals surface area contributed by atoms with E-state index in [0.29, 0.717) is 12.5 Å². The second-order valence-electron chi connectivity index (χ2n) is 7.33. The van der Waals surface area contributed by atoms with Crippen LogP contribution in [0.1, 0.15) is 37.7 Å². The molecule has 1 aromatic carbocycles. The van der Waals surface area contributed by atoms with Gasteiger partial charge < -0.3 is 10.0 Å². The highest BCUT2D eigenvalue weighted by molar-refractivity contribution is 7.98. The molecule has 2 heterocycles. The van der Waals surface area contributed by atoms with E-state index in [1.165, 1.54) is 12.1 Å². The Bertz CT molecular complexity index is 576. The van der Waals surface area contributed by atoms with Crippen LogP contribution in [0.25, 0.3) is 0 Å². The summed E-state index contributed by atoms with van der Waals surface area (Å²) in [5.74, 6) is 1.65. The number of hydrogen-bond acceptors (Lipinski definition) is 4. The van der Waals surface area contributed by atoms with Crippen LogP contribution in [0.5, 0.6) is 0 Å². The molecular weight excluding hydrogens is 351 g/mol. The van der Waals surface area contributed by atoms with Crippen LogP contribution in [0.4, 0.5) is 4.39 Å². The van der Waals surface area contributed by atoms with Crippen molar-refractivity contribution in [2.75, 3.05) is 31.9 Å². The molecular formula is C20H29FN2O2S. The zero-order chi connectivity index (χ0) is 18.4. The van der Waals surface area contributed by atoms with E-state index < -0.39 is 0 Å². The fourth-order valence-electron chi connectivity index (χ4n) is 3.88. The zero-order valence-corrected chi connectivity index (χ0v) is 16.1. The molecule has 2 fully saturated rings. The van der Waals surface area contributed by atoms with Gasteiger partial charge in [0.25, 0.3) is 0 Å². The molecule has 26 heavy (non-hydrogen) atoms. The number of thioether (sulfide) groups is 1. The maximum Gasteiger partial charge on any atom is 0.223 e. The van der Waals surface area contributed by atoms with Crippen molar-refractivity contribution in [2.45, 2.75) is 50.0 Å². The Morgan fingerprint density at radius 1 is 1.15 bits per heavy atom. The van der Waals surface area contributed by atoms with Crippen LogP contribution < -0.4 is 0 Å². The third-order valence-electron chi connectivity index (χ3n) is 5.40. The number of β-amino-alcohol motifs (C(OH)–C–C–N with tert-alkyl or cyclic N) is 1. The summed E-state index contributed by atoms with van der Waals surface area (Å²) in [5.41, 5.74) is 1.09. The van der Waals surface area contributed by atoms with Crippen molar-refractivity contribution in [1.82, 2.24) is 9.80 Å². The summed E-state index contributed by atoms with van der Waals surface area (Å²) >= 11 is 1.72. The summed E-state index contributed by atoms with van der Waals surface area (Å²) in [5, 5.41) is 9.84. The van der Waals surface area contributed by atoms with E-state index in [9.17, 15) is 14.3 Å². The Morgan fingerprint density at radius 3 is 2.58 bits per heavy atom. The van der Waals surface area contributed by atoms with Crippen LogP contribution in [-0.4, -0.2) is 64.9 Å². The van der Waals surface area contributed by atoms with Crippen LogP contribution in [0.3, 0.4) is 0 Å². The summed E-state index contributed by atoms with van der Waals surface area (Å²) in [6.07, 6.45) is 4.41. The number of amides is 1. The fraction of sp³-hybridized carbons (Fsp3) is 0.650. The summed E-state index contributed by atoms with van der Waals surface area (Å²) in [7, 11) is 0. The second-order valence-corrected chi connectivity index (χ2v) is 8.44. The molecule has 0 bridgehead atoms. The predicted octanol–water partition coefficient (Wildman–Crippen LogP) is 2.90. The van der Waals surface area contributed by atoms with E-state index in [1.807, 2.05) is 4.90 Å². The summed E-state index contributed by atoms with van der Waals surface area (Å²) in [6, 6.07) is 7.07.